The van der Waals surface area contributed by atoms with Crippen molar-refractivity contribution in [1.82, 2.24) is 4.98 Å². The second-order valence-electron chi connectivity index (χ2n) is 9.24. The van der Waals surface area contributed by atoms with Crippen molar-refractivity contribution in [2.45, 2.75) is 24.4 Å². The van der Waals surface area contributed by atoms with Gasteiger partial charge in [-0.25, -0.2) is 22.1 Å². The molecule has 7 nitrogen and oxygen atoms in total. The van der Waals surface area contributed by atoms with Crippen LogP contribution in [0.5, 0.6) is 11.5 Å². The second-order valence-corrected chi connectivity index (χ2v) is 12.4. The van der Waals surface area contributed by atoms with E-state index in [1.165, 1.54) is 20.4 Å². The topological polar surface area (TPSA) is 80.8 Å². The van der Waals surface area contributed by atoms with E-state index in [0.29, 0.717) is 17.1 Å². The maximum absolute atomic E-state index is 15.6. The van der Waals surface area contributed by atoms with Gasteiger partial charge >= 0.3 is 0 Å². The van der Waals surface area contributed by atoms with Crippen LogP contribution in [-0.4, -0.2) is 27.6 Å². The van der Waals surface area contributed by atoms with Crippen LogP contribution in [0.15, 0.2) is 89.3 Å². The molecule has 0 saturated heterocycles. The summed E-state index contributed by atoms with van der Waals surface area (Å²) in [6.07, 6.45) is 1.48. The highest BCUT2D eigenvalue weighted by Gasteiger charge is 2.32. The molecule has 5 aromatic rings. The first kappa shape index (κ1) is 28.7. The molecule has 11 heteroatoms. The van der Waals surface area contributed by atoms with Gasteiger partial charge in [-0.05, 0) is 53.6 Å². The minimum atomic E-state index is -4.43. The van der Waals surface area contributed by atoms with Crippen molar-refractivity contribution in [3.05, 3.63) is 106 Å². The molecule has 0 aliphatic heterocycles. The number of sulfonamides is 1. The molecular weight excluding hydrogens is 585 g/mol. The summed E-state index contributed by atoms with van der Waals surface area (Å²) in [6.45, 7) is 1.77. The molecule has 0 radical (unpaired) electrons. The van der Waals surface area contributed by atoms with Crippen molar-refractivity contribution in [3.63, 3.8) is 0 Å². The minimum Gasteiger partial charge on any atom is -0.497 e. The first-order valence-corrected chi connectivity index (χ1v) is 15.3. The molecule has 0 amide bonds. The molecule has 1 N–H and O–H groups in total. The van der Waals surface area contributed by atoms with Gasteiger partial charge in [-0.3, -0.25) is 0 Å². The number of nitrogens with zero attached hydrogens (tertiary/aromatic N) is 2. The zero-order valence-electron chi connectivity index (χ0n) is 22.5. The highest BCUT2D eigenvalue weighted by Crippen LogP contribution is 2.36. The number of aromatic nitrogens is 1. The monoisotopic (exact) mass is 611 g/mol. The second kappa shape index (κ2) is 11.9. The van der Waals surface area contributed by atoms with Crippen LogP contribution in [0.2, 0.25) is 5.02 Å². The predicted octanol–water partition coefficient (Wildman–Crippen LogP) is 7.67. The van der Waals surface area contributed by atoms with E-state index in [9.17, 15) is 8.42 Å². The molecule has 0 fully saturated rings. The Kier molecular flexibility index (Phi) is 8.35. The van der Waals surface area contributed by atoms with E-state index in [4.69, 9.17) is 21.1 Å². The molecule has 0 saturated carbocycles. The maximum Gasteiger partial charge on any atom is 0.269 e. The number of thiazole rings is 1. The van der Waals surface area contributed by atoms with Gasteiger partial charge in [-0.15, -0.1) is 11.3 Å². The van der Waals surface area contributed by atoms with E-state index >= 15 is 4.39 Å². The van der Waals surface area contributed by atoms with Crippen molar-refractivity contribution in [2.24, 2.45) is 0 Å². The van der Waals surface area contributed by atoms with Crippen LogP contribution in [0.3, 0.4) is 0 Å². The maximum atomic E-state index is 15.6. The normalized spacial score (nSPS) is 12.2. The molecule has 0 aliphatic carbocycles. The van der Waals surface area contributed by atoms with Crippen LogP contribution < -0.4 is 19.1 Å². The van der Waals surface area contributed by atoms with Crippen LogP contribution in [0.25, 0.3) is 10.8 Å². The van der Waals surface area contributed by atoms with Gasteiger partial charge in [0, 0.05) is 29.2 Å². The lowest BCUT2D eigenvalue weighted by Crippen LogP contribution is -2.31. The average Bonchev–Trinajstić information content (AvgIpc) is 3.51. The van der Waals surface area contributed by atoms with Crippen LogP contribution in [-0.2, 0) is 16.6 Å². The Morgan fingerprint density at radius 3 is 2.51 bits per heavy atom. The molecule has 0 bridgehead atoms. The van der Waals surface area contributed by atoms with E-state index in [0.717, 1.165) is 44.1 Å². The number of rotatable bonds is 10. The number of anilines is 2. The van der Waals surface area contributed by atoms with Gasteiger partial charge in [0.15, 0.2) is 5.13 Å². The number of benzene rings is 4. The van der Waals surface area contributed by atoms with Gasteiger partial charge in [-0.2, -0.15) is 0 Å². The van der Waals surface area contributed by atoms with Gasteiger partial charge in [0.05, 0.1) is 31.5 Å². The predicted molar refractivity (Wildman–Crippen MR) is 162 cm³/mol. The van der Waals surface area contributed by atoms with Crippen LogP contribution in [0.1, 0.15) is 24.1 Å². The first-order chi connectivity index (χ1) is 19.7. The number of nitrogens with one attached hydrogen (secondary N) is 1. The molecule has 4 aromatic carbocycles. The lowest BCUT2D eigenvalue weighted by Gasteiger charge is -2.24. The third-order valence-electron chi connectivity index (χ3n) is 6.68. The summed E-state index contributed by atoms with van der Waals surface area (Å²) in [5.74, 6) is 0.0285. The Morgan fingerprint density at radius 1 is 1.02 bits per heavy atom. The van der Waals surface area contributed by atoms with E-state index in [1.807, 2.05) is 43.3 Å². The lowest BCUT2D eigenvalue weighted by molar-refractivity contribution is 0.391. The van der Waals surface area contributed by atoms with Gasteiger partial charge in [0.2, 0.25) is 0 Å². The zero-order valence-corrected chi connectivity index (χ0v) is 24.9. The fourth-order valence-electron chi connectivity index (χ4n) is 4.48. The summed E-state index contributed by atoms with van der Waals surface area (Å²) in [6, 6.07) is 21.1. The molecular formula is C30H27ClFN3O4S2. The average molecular weight is 612 g/mol. The van der Waals surface area contributed by atoms with Gasteiger partial charge < -0.3 is 14.8 Å². The molecule has 41 heavy (non-hydrogen) atoms. The molecule has 1 aromatic heterocycles. The molecule has 1 unspecified atom stereocenters. The standard InChI is InChI=1S/C30H27ClFN3O4S2/c1-19(21-9-8-20-6-4-5-7-22(20)14-21)34-27-17-26(32)29(16-25(27)31)41(36,37)35(30-33-12-13-40-30)18-23-10-11-24(38-2)15-28(23)39-3/h4-17,19,34H,18H2,1-3H3. The van der Waals surface area contributed by atoms with Crippen LogP contribution >= 0.6 is 22.9 Å². The smallest absolute Gasteiger partial charge is 0.269 e. The molecule has 1 heterocycles. The summed E-state index contributed by atoms with van der Waals surface area (Å²) in [5, 5.41) is 7.29. The SMILES string of the molecule is COc1ccc(CN(c2nccs2)S(=O)(=O)c2cc(Cl)c(NC(C)c3ccc4ccccc4c3)cc2F)c(OC)c1. The molecule has 1 atom stereocenters. The molecule has 0 spiro atoms. The zero-order chi connectivity index (χ0) is 29.1. The van der Waals surface area contributed by atoms with E-state index in [1.54, 1.807) is 23.6 Å². The Labute approximate surface area is 247 Å². The number of hydrogen-bond donors (Lipinski definition) is 1. The van der Waals surface area contributed by atoms with E-state index in [-0.39, 0.29) is 28.4 Å². The number of ether oxygens (including phenoxy) is 2. The van der Waals surface area contributed by atoms with E-state index in [2.05, 4.69) is 16.4 Å². The molecule has 0 aliphatic rings. The van der Waals surface area contributed by atoms with Crippen LogP contribution in [0.4, 0.5) is 15.2 Å². The summed E-state index contributed by atoms with van der Waals surface area (Å²) >= 11 is 7.66. The minimum absolute atomic E-state index is 0.0683. The summed E-state index contributed by atoms with van der Waals surface area (Å²) in [4.78, 5) is 3.63. The number of fused-ring (bicyclic) bond motifs is 1. The summed E-state index contributed by atoms with van der Waals surface area (Å²) in [7, 11) is -1.43. The fraction of sp³-hybridized carbons (Fsp3) is 0.167. The summed E-state index contributed by atoms with van der Waals surface area (Å²) in [5.41, 5.74) is 1.79. The van der Waals surface area contributed by atoms with Crippen molar-refractivity contribution in [2.75, 3.05) is 23.8 Å². The highest BCUT2D eigenvalue weighted by atomic mass is 35.5. The highest BCUT2D eigenvalue weighted by molar-refractivity contribution is 7.93. The Bertz CT molecular complexity index is 1800. The fourth-order valence-corrected chi connectivity index (χ4v) is 7.11. The van der Waals surface area contributed by atoms with Crippen molar-refractivity contribution in [3.8, 4) is 11.5 Å². The Balaban J connectivity index is 1.47. The van der Waals surface area contributed by atoms with Gasteiger partial charge in [0.25, 0.3) is 10.0 Å². The summed E-state index contributed by atoms with van der Waals surface area (Å²) < 4.78 is 55.2. The molecule has 212 valence electrons. The lowest BCUT2D eigenvalue weighted by atomic mass is 10.0. The van der Waals surface area contributed by atoms with E-state index < -0.39 is 20.7 Å². The third-order valence-corrected chi connectivity index (χ3v) is 9.65. The number of halogens is 2. The Hall–Kier alpha value is -3.86. The third kappa shape index (κ3) is 5.95. The largest absolute Gasteiger partial charge is 0.497 e. The first-order valence-electron chi connectivity index (χ1n) is 12.6. The van der Waals surface area contributed by atoms with Crippen molar-refractivity contribution < 1.29 is 22.3 Å². The van der Waals surface area contributed by atoms with Gasteiger partial charge in [0.1, 0.15) is 22.2 Å². The molecule has 5 rings (SSSR count). The van der Waals surface area contributed by atoms with Crippen LogP contribution in [0, 0.1) is 5.82 Å². The number of hydrogen-bond acceptors (Lipinski definition) is 7. The Morgan fingerprint density at radius 2 is 1.80 bits per heavy atom. The van der Waals surface area contributed by atoms with Crippen molar-refractivity contribution in [1.29, 1.82) is 0 Å². The van der Waals surface area contributed by atoms with Gasteiger partial charge in [-0.1, -0.05) is 48.0 Å². The van der Waals surface area contributed by atoms with Crippen molar-refractivity contribution >= 4 is 54.6 Å². The quantitative estimate of drug-likeness (QED) is 0.174. The number of methoxy groups -OCH3 is 2.